The zero-order chi connectivity index (χ0) is 34.7. The number of alkyl halides is 1. The van der Waals surface area contributed by atoms with Crippen LogP contribution in [0.2, 0.25) is 0 Å². The first-order chi connectivity index (χ1) is 23.2. The van der Waals surface area contributed by atoms with Crippen LogP contribution in [0.4, 0.5) is 0 Å². The van der Waals surface area contributed by atoms with Crippen LogP contribution in [0.1, 0.15) is 89.0 Å². The van der Waals surface area contributed by atoms with Crippen molar-refractivity contribution in [1.29, 1.82) is 10.5 Å². The van der Waals surface area contributed by atoms with E-state index in [4.69, 9.17) is 51.4 Å². The van der Waals surface area contributed by atoms with Gasteiger partial charge >= 0.3 is 26.0 Å². The molecule has 0 spiro atoms. The van der Waals surface area contributed by atoms with Crippen LogP contribution in [0.3, 0.4) is 0 Å². The number of nitrogens with zero attached hydrogens (tertiary/aromatic N) is 2. The molecule has 3 heterocycles. The van der Waals surface area contributed by atoms with Gasteiger partial charge in [-0.2, -0.15) is 10.5 Å². The normalized spacial score (nSPS) is 17.6. The summed E-state index contributed by atoms with van der Waals surface area (Å²) in [7, 11) is -1.46. The Morgan fingerprint density at radius 1 is 0.722 bits per heavy atom. The zero-order valence-corrected chi connectivity index (χ0v) is 31.5. The van der Waals surface area contributed by atoms with E-state index in [0.29, 0.717) is 29.4 Å². The Morgan fingerprint density at radius 3 is 1.35 bits per heavy atom. The van der Waals surface area contributed by atoms with Gasteiger partial charge in [0.25, 0.3) is 0 Å². The Morgan fingerprint density at radius 2 is 1.09 bits per heavy atom. The van der Waals surface area contributed by atoms with Crippen LogP contribution in [-0.2, 0) is 20.8 Å². The number of ether oxygens (including phenoxy) is 3. The van der Waals surface area contributed by atoms with Crippen LogP contribution in [0.5, 0.6) is 0 Å². The number of nitrogens with two attached hydrogens (primary N) is 2. The van der Waals surface area contributed by atoms with Gasteiger partial charge in [-0.25, -0.2) is 0 Å². The van der Waals surface area contributed by atoms with E-state index in [1.807, 2.05) is 30.3 Å². The first kappa shape index (κ1) is 59.2. The van der Waals surface area contributed by atoms with Gasteiger partial charge in [0.1, 0.15) is 0 Å². The number of aliphatic hydroxyl groups is 1. The summed E-state index contributed by atoms with van der Waals surface area (Å²) in [6.07, 6.45) is 4.03. The fraction of sp³-hybridized carbons (Fsp3) is 0.487. The Bertz CT molecular complexity index is 1420. The molecule has 0 radical (unpaired) electrons. The Kier molecular flexibility index (Phi) is 36.9. The summed E-state index contributed by atoms with van der Waals surface area (Å²) in [5, 5.41) is 43.3. The molecule has 4 fully saturated rings. The topological polar surface area (TPSA) is 188 Å². The van der Waals surface area contributed by atoms with Crippen molar-refractivity contribution in [2.24, 2.45) is 11.5 Å². The van der Waals surface area contributed by atoms with Gasteiger partial charge in [0.05, 0.1) is 72.9 Å². The second-order valence-electron chi connectivity index (χ2n) is 11.9. The second-order valence-corrected chi connectivity index (χ2v) is 13.7. The molecule has 0 aromatic heterocycles. The molecule has 1 aliphatic carbocycles. The van der Waals surface area contributed by atoms with Crippen LogP contribution in [0.15, 0.2) is 72.8 Å². The van der Waals surface area contributed by atoms with Crippen LogP contribution in [0.25, 0.3) is 0 Å². The van der Waals surface area contributed by atoms with Crippen molar-refractivity contribution in [2.75, 3.05) is 39.6 Å². The minimum absolute atomic E-state index is 0. The summed E-state index contributed by atoms with van der Waals surface area (Å²) in [6, 6.07) is 26.4. The first-order valence-corrected chi connectivity index (χ1v) is 17.4. The van der Waals surface area contributed by atoms with Gasteiger partial charge in [0, 0.05) is 24.4 Å². The van der Waals surface area contributed by atoms with E-state index in [1.54, 1.807) is 0 Å². The third kappa shape index (κ3) is 21.7. The molecule has 296 valence electrons. The van der Waals surface area contributed by atoms with E-state index in [0.717, 1.165) is 68.4 Å². The number of benzene rings is 3. The summed E-state index contributed by atoms with van der Waals surface area (Å²) < 4.78 is 15.8. The van der Waals surface area contributed by atoms with Crippen molar-refractivity contribution < 1.29 is 49.7 Å². The molecule has 7 rings (SSSR count). The van der Waals surface area contributed by atoms with Crippen molar-refractivity contribution in [3.63, 3.8) is 0 Å². The molecule has 4 aliphatic rings. The predicted molar refractivity (Wildman–Crippen MR) is 233 cm³/mol. The van der Waals surface area contributed by atoms with Gasteiger partial charge in [0.2, 0.25) is 0 Å². The van der Waals surface area contributed by atoms with Gasteiger partial charge in [-0.05, 0) is 59.3 Å². The van der Waals surface area contributed by atoms with Gasteiger partial charge in [-0.15, -0.1) is 12.4 Å². The quantitative estimate of drug-likeness (QED) is 0.146. The molecule has 3 aromatic rings. The van der Waals surface area contributed by atoms with Gasteiger partial charge in [-0.1, -0.05) is 106 Å². The SMILES string of the molecule is C.C.C.Cl.IC1COC1.N#Cc1ccc(B(O)O)cc1.N#Cc1ccc(C2COC2)cc1.NCc1ccc(C2COC2)cc1.N[C@@H]1CCCC[C@H]1O.[AlH3].[H-].[Li+]. The van der Waals surface area contributed by atoms with Crippen LogP contribution in [-0.4, -0.2) is 95.3 Å². The van der Waals surface area contributed by atoms with Gasteiger partial charge in [0.15, 0.2) is 17.4 Å². The van der Waals surface area contributed by atoms with Crippen molar-refractivity contribution in [3.05, 3.63) is 101 Å². The van der Waals surface area contributed by atoms with Gasteiger partial charge in [-0.3, -0.25) is 0 Å². The zero-order valence-electron chi connectivity index (χ0n) is 29.6. The largest absolute Gasteiger partial charge is 1.00 e. The first-order valence-electron chi connectivity index (χ1n) is 16.2. The number of aliphatic hydroxyl groups excluding tert-OH is 1. The van der Waals surface area contributed by atoms with E-state index in [9.17, 15) is 0 Å². The molecule has 7 N–H and O–H groups in total. The molecule has 10 nitrogen and oxygen atoms in total. The predicted octanol–water partition coefficient (Wildman–Crippen LogP) is 1.50. The van der Waals surface area contributed by atoms with Crippen molar-refractivity contribution in [2.45, 2.75) is 82.4 Å². The monoisotopic (exact) mass is 890 g/mol. The molecule has 3 aromatic carbocycles. The molecule has 0 bridgehead atoms. The summed E-state index contributed by atoms with van der Waals surface area (Å²) in [4.78, 5) is 0. The van der Waals surface area contributed by atoms with Crippen molar-refractivity contribution in [3.8, 4) is 12.1 Å². The molecule has 2 atom stereocenters. The number of nitriles is 2. The number of hydrogen-bond donors (Lipinski definition) is 5. The number of halogens is 2. The molecule has 0 amide bonds. The van der Waals surface area contributed by atoms with E-state index in [1.165, 1.54) is 47.4 Å². The summed E-state index contributed by atoms with van der Waals surface area (Å²) in [6.45, 7) is 5.98. The average Bonchev–Trinajstić information content (AvgIpc) is 3.05. The van der Waals surface area contributed by atoms with Crippen LogP contribution >= 0.6 is 35.0 Å². The van der Waals surface area contributed by atoms with Crippen LogP contribution < -0.4 is 35.8 Å². The smallest absolute Gasteiger partial charge is 1.00 e. The fourth-order valence-electron chi connectivity index (χ4n) is 4.69. The average molecular weight is 891 g/mol. The maximum atomic E-state index is 9.05. The van der Waals surface area contributed by atoms with E-state index < -0.39 is 7.12 Å². The van der Waals surface area contributed by atoms with E-state index in [-0.39, 0.29) is 84.5 Å². The van der Waals surface area contributed by atoms with E-state index >= 15 is 0 Å². The molecular weight excluding hydrogens is 828 g/mol. The number of hydrogen-bond acceptors (Lipinski definition) is 10. The molecule has 1 saturated carbocycles. The minimum Gasteiger partial charge on any atom is -1.00 e. The van der Waals surface area contributed by atoms with Crippen LogP contribution in [0, 0.1) is 22.7 Å². The Hall–Kier alpha value is -1.47. The van der Waals surface area contributed by atoms with Crippen molar-refractivity contribution >= 4 is 64.9 Å². The Labute approximate surface area is 368 Å². The molecule has 3 saturated heterocycles. The van der Waals surface area contributed by atoms with E-state index in [2.05, 4.69) is 52.9 Å². The summed E-state index contributed by atoms with van der Waals surface area (Å²) in [5.41, 5.74) is 16.5. The fourth-order valence-corrected chi connectivity index (χ4v) is 5.20. The summed E-state index contributed by atoms with van der Waals surface area (Å²) >= 11 is 2.37. The third-order valence-corrected chi connectivity index (χ3v) is 8.91. The molecule has 3 aliphatic heterocycles. The summed E-state index contributed by atoms with van der Waals surface area (Å²) in [5.74, 6) is 1.18. The Balaban J connectivity index is -0.000000187. The molecular formula is C39H63AlBClILiN4O6. The molecule has 54 heavy (non-hydrogen) atoms. The molecule has 0 unspecified atom stereocenters. The molecule has 15 heteroatoms. The van der Waals surface area contributed by atoms with Gasteiger partial charge < -0.3 is 42.3 Å². The minimum atomic E-state index is -1.46. The second kappa shape index (κ2) is 33.7. The number of rotatable bonds is 4. The maximum Gasteiger partial charge on any atom is 1.00 e. The third-order valence-electron chi connectivity index (χ3n) is 8.19. The van der Waals surface area contributed by atoms with Crippen molar-refractivity contribution in [1.82, 2.24) is 0 Å². The standard InChI is InChI=1S/C10H13NO.C10H9NO.C7H6BNO2.C6H13NO.C3H5IO.3CH4.Al.ClH.Li.4H/c2*11-5-8-1-3-9(4-2-8)10-6-12-7-10;9-5-6-1-3-7(4-2-6)8(10)11;7-5-3-1-2-4-6(5)8;4-3-1-5-2-3;;;;;;;;;;/h1-4,10H,5-7,11H2;1-4,10H,6-7H2;1-4,10-11H;5-6,8H,1-4,7H2;3H,1-2H2;3*1H4;;1H;;;;;/q;;;;;;;;;;+1;;;;-1/t;;;5-,6-;;;;;;;;;;;/m...1.........../s1. The maximum absolute atomic E-state index is 9.05.